The number of hydrogen-bond donors (Lipinski definition) is 1. The molecule has 2 N–H and O–H groups in total. The number of anilines is 1. The van der Waals surface area contributed by atoms with Crippen molar-refractivity contribution in [1.82, 2.24) is 4.98 Å². The second-order valence-corrected chi connectivity index (χ2v) is 5.18. The maximum Gasteiger partial charge on any atom is 0.194 e. The average Bonchev–Trinajstić information content (AvgIpc) is 2.47. The van der Waals surface area contributed by atoms with E-state index in [0.29, 0.717) is 33.6 Å². The van der Waals surface area contributed by atoms with Crippen molar-refractivity contribution in [3.63, 3.8) is 0 Å². The SMILES string of the molecule is CCCOc1cncc(C(=O)c2ccc(N)c(Br)c2)c1. The highest BCUT2D eigenvalue weighted by atomic mass is 79.9. The number of rotatable bonds is 5. The molecule has 0 bridgehead atoms. The summed E-state index contributed by atoms with van der Waals surface area (Å²) < 4.78 is 6.18. The van der Waals surface area contributed by atoms with Gasteiger partial charge in [-0.15, -0.1) is 0 Å². The number of nitrogens with two attached hydrogens (primary N) is 1. The first-order chi connectivity index (χ1) is 9.61. The maximum absolute atomic E-state index is 12.4. The molecule has 0 fully saturated rings. The van der Waals surface area contributed by atoms with Gasteiger partial charge in [-0.1, -0.05) is 6.92 Å². The van der Waals surface area contributed by atoms with Gasteiger partial charge in [0.05, 0.1) is 12.8 Å². The Hall–Kier alpha value is -1.88. The van der Waals surface area contributed by atoms with Crippen LogP contribution in [0.15, 0.2) is 41.1 Å². The van der Waals surface area contributed by atoms with Crippen LogP contribution in [0.5, 0.6) is 5.75 Å². The van der Waals surface area contributed by atoms with Crippen molar-refractivity contribution in [2.75, 3.05) is 12.3 Å². The normalized spacial score (nSPS) is 10.3. The lowest BCUT2D eigenvalue weighted by atomic mass is 10.0. The number of hydrogen-bond acceptors (Lipinski definition) is 4. The molecular weight excluding hydrogens is 320 g/mol. The molecule has 0 saturated heterocycles. The summed E-state index contributed by atoms with van der Waals surface area (Å²) in [6.45, 7) is 2.63. The van der Waals surface area contributed by atoms with Crippen LogP contribution in [0, 0.1) is 0 Å². The number of aromatic nitrogens is 1. The first-order valence-electron chi connectivity index (χ1n) is 6.29. The summed E-state index contributed by atoms with van der Waals surface area (Å²) in [6.07, 6.45) is 4.04. The van der Waals surface area contributed by atoms with Gasteiger partial charge in [0.1, 0.15) is 5.75 Å². The molecule has 104 valence electrons. The summed E-state index contributed by atoms with van der Waals surface area (Å²) in [6, 6.07) is 6.80. The molecule has 4 nitrogen and oxygen atoms in total. The van der Waals surface area contributed by atoms with Gasteiger partial charge in [-0.3, -0.25) is 9.78 Å². The van der Waals surface area contributed by atoms with Gasteiger partial charge in [0, 0.05) is 27.5 Å². The van der Waals surface area contributed by atoms with Crippen molar-refractivity contribution in [2.24, 2.45) is 0 Å². The summed E-state index contributed by atoms with van der Waals surface area (Å²) in [4.78, 5) is 16.4. The minimum Gasteiger partial charge on any atom is -0.492 e. The maximum atomic E-state index is 12.4. The molecule has 0 unspecified atom stereocenters. The van der Waals surface area contributed by atoms with Crippen LogP contribution in [0.1, 0.15) is 29.3 Å². The topological polar surface area (TPSA) is 65.2 Å². The standard InChI is InChI=1S/C15H15BrN2O2/c1-2-5-20-12-6-11(8-18-9-12)15(19)10-3-4-14(17)13(16)7-10/h3-4,6-9H,2,5,17H2,1H3. The highest BCUT2D eigenvalue weighted by molar-refractivity contribution is 9.10. The molecular formula is C15H15BrN2O2. The number of ketones is 1. The zero-order valence-electron chi connectivity index (χ0n) is 11.1. The largest absolute Gasteiger partial charge is 0.492 e. The van der Waals surface area contributed by atoms with Crippen LogP contribution in [-0.4, -0.2) is 17.4 Å². The number of halogens is 1. The second-order valence-electron chi connectivity index (χ2n) is 4.32. The monoisotopic (exact) mass is 334 g/mol. The number of ether oxygens (including phenoxy) is 1. The Balaban J connectivity index is 2.26. The van der Waals surface area contributed by atoms with E-state index >= 15 is 0 Å². The Labute approximate surface area is 126 Å². The van der Waals surface area contributed by atoms with Crippen LogP contribution in [0.3, 0.4) is 0 Å². The predicted molar refractivity (Wildman–Crippen MR) is 82.0 cm³/mol. The second kappa shape index (κ2) is 6.52. The summed E-state index contributed by atoms with van der Waals surface area (Å²) in [5, 5.41) is 0. The first kappa shape index (κ1) is 14.5. The van der Waals surface area contributed by atoms with E-state index in [0.717, 1.165) is 6.42 Å². The number of pyridine rings is 1. The van der Waals surface area contributed by atoms with Gasteiger partial charge < -0.3 is 10.5 Å². The lowest BCUT2D eigenvalue weighted by Gasteiger charge is -2.07. The molecule has 1 aromatic heterocycles. The number of nitrogens with zero attached hydrogens (tertiary/aromatic N) is 1. The summed E-state index contributed by atoms with van der Waals surface area (Å²) in [5.41, 5.74) is 7.36. The van der Waals surface area contributed by atoms with E-state index in [1.807, 2.05) is 6.92 Å². The molecule has 0 amide bonds. The van der Waals surface area contributed by atoms with Crippen molar-refractivity contribution in [1.29, 1.82) is 0 Å². The minimum atomic E-state index is -0.111. The fourth-order valence-electron chi connectivity index (χ4n) is 1.68. The molecule has 5 heteroatoms. The molecule has 0 aliphatic rings. The van der Waals surface area contributed by atoms with Gasteiger partial charge in [-0.2, -0.15) is 0 Å². The summed E-state index contributed by atoms with van der Waals surface area (Å²) >= 11 is 3.32. The van der Waals surface area contributed by atoms with Gasteiger partial charge in [-0.05, 0) is 46.6 Å². The molecule has 2 rings (SSSR count). The molecule has 1 heterocycles. The van der Waals surface area contributed by atoms with Crippen LogP contribution < -0.4 is 10.5 Å². The Morgan fingerprint density at radius 2 is 2.10 bits per heavy atom. The van der Waals surface area contributed by atoms with Gasteiger partial charge >= 0.3 is 0 Å². The smallest absolute Gasteiger partial charge is 0.194 e. The van der Waals surface area contributed by atoms with Crippen molar-refractivity contribution in [3.8, 4) is 5.75 Å². The van der Waals surface area contributed by atoms with Crippen molar-refractivity contribution < 1.29 is 9.53 Å². The lowest BCUT2D eigenvalue weighted by molar-refractivity contribution is 0.103. The fraction of sp³-hybridized carbons (Fsp3) is 0.200. The zero-order valence-corrected chi connectivity index (χ0v) is 12.7. The van der Waals surface area contributed by atoms with E-state index in [1.54, 1.807) is 30.5 Å². The van der Waals surface area contributed by atoms with E-state index in [4.69, 9.17) is 10.5 Å². The molecule has 2 aromatic rings. The van der Waals surface area contributed by atoms with Gasteiger partial charge in [-0.25, -0.2) is 0 Å². The molecule has 0 aliphatic carbocycles. The van der Waals surface area contributed by atoms with E-state index in [9.17, 15) is 4.79 Å². The molecule has 0 saturated carbocycles. The number of nitrogen functional groups attached to an aromatic ring is 1. The third kappa shape index (κ3) is 3.36. The van der Waals surface area contributed by atoms with Crippen molar-refractivity contribution in [2.45, 2.75) is 13.3 Å². The lowest BCUT2D eigenvalue weighted by Crippen LogP contribution is -2.04. The van der Waals surface area contributed by atoms with Crippen LogP contribution >= 0.6 is 15.9 Å². The van der Waals surface area contributed by atoms with E-state index in [2.05, 4.69) is 20.9 Å². The van der Waals surface area contributed by atoms with Crippen molar-refractivity contribution >= 4 is 27.4 Å². The van der Waals surface area contributed by atoms with E-state index < -0.39 is 0 Å². The molecule has 0 spiro atoms. The molecule has 20 heavy (non-hydrogen) atoms. The molecule has 0 atom stereocenters. The zero-order chi connectivity index (χ0) is 14.5. The molecule has 0 aliphatic heterocycles. The van der Waals surface area contributed by atoms with Gasteiger partial charge in [0.15, 0.2) is 5.78 Å². The van der Waals surface area contributed by atoms with Gasteiger partial charge in [0.25, 0.3) is 0 Å². The highest BCUT2D eigenvalue weighted by Crippen LogP contribution is 2.23. The summed E-state index contributed by atoms with van der Waals surface area (Å²) in [5.74, 6) is 0.493. The first-order valence-corrected chi connectivity index (χ1v) is 7.08. The Morgan fingerprint density at radius 1 is 1.30 bits per heavy atom. The number of carbonyl (C=O) groups is 1. The Kier molecular flexibility index (Phi) is 4.74. The van der Waals surface area contributed by atoms with Crippen molar-refractivity contribution in [3.05, 3.63) is 52.3 Å². The van der Waals surface area contributed by atoms with Crippen LogP contribution in [0.25, 0.3) is 0 Å². The number of carbonyl (C=O) groups excluding carboxylic acids is 1. The third-order valence-electron chi connectivity index (χ3n) is 2.71. The molecule has 0 radical (unpaired) electrons. The van der Waals surface area contributed by atoms with Gasteiger partial charge in [0.2, 0.25) is 0 Å². The third-order valence-corrected chi connectivity index (χ3v) is 3.40. The Bertz CT molecular complexity index is 629. The Morgan fingerprint density at radius 3 is 2.80 bits per heavy atom. The van der Waals surface area contributed by atoms with Crippen LogP contribution in [-0.2, 0) is 0 Å². The molecule has 1 aromatic carbocycles. The highest BCUT2D eigenvalue weighted by Gasteiger charge is 2.12. The van der Waals surface area contributed by atoms with Crippen LogP contribution in [0.4, 0.5) is 5.69 Å². The van der Waals surface area contributed by atoms with E-state index in [-0.39, 0.29) is 5.78 Å². The average molecular weight is 335 g/mol. The number of benzene rings is 1. The van der Waals surface area contributed by atoms with E-state index in [1.165, 1.54) is 6.20 Å². The minimum absolute atomic E-state index is 0.111. The quantitative estimate of drug-likeness (QED) is 0.671. The summed E-state index contributed by atoms with van der Waals surface area (Å²) in [7, 11) is 0. The predicted octanol–water partition coefficient (Wildman–Crippen LogP) is 3.45. The fourth-order valence-corrected chi connectivity index (χ4v) is 2.06. The van der Waals surface area contributed by atoms with Crippen LogP contribution in [0.2, 0.25) is 0 Å².